The van der Waals surface area contributed by atoms with Crippen molar-refractivity contribution in [3.8, 4) is 0 Å². The van der Waals surface area contributed by atoms with Crippen molar-refractivity contribution in [1.82, 2.24) is 0 Å². The topological polar surface area (TPSA) is 126 Å². The van der Waals surface area contributed by atoms with Gasteiger partial charge in [0.2, 0.25) is 16.6 Å². The van der Waals surface area contributed by atoms with Crippen LogP contribution in [0, 0.1) is 0 Å². The smallest absolute Gasteiger partial charge is 0.317 e. The minimum atomic E-state index is -2.52. The molecule has 0 aliphatic heterocycles. The minimum Gasteiger partial charge on any atom is -0.520 e. The number of allylic oxidation sites excluding steroid dienone is 1. The summed E-state index contributed by atoms with van der Waals surface area (Å²) in [6.07, 6.45) is 10.1. The van der Waals surface area contributed by atoms with Gasteiger partial charge in [0.05, 0.1) is 0 Å². The van der Waals surface area contributed by atoms with Gasteiger partial charge in [0, 0.05) is 47.6 Å². The van der Waals surface area contributed by atoms with Gasteiger partial charge in [-0.2, -0.15) is 0 Å². The van der Waals surface area contributed by atoms with Crippen LogP contribution >= 0.6 is 0 Å². The third kappa shape index (κ3) is 58.1. The summed E-state index contributed by atoms with van der Waals surface area (Å²) in [6, 6.07) is 1.82. The third-order valence-electron chi connectivity index (χ3n) is 7.65. The van der Waals surface area contributed by atoms with Crippen LogP contribution < -0.4 is 0 Å². The zero-order valence-electron chi connectivity index (χ0n) is 49.1. The Bertz CT molecular complexity index is 1380. The SMILES string of the molecule is C=CCCC(=O)O[Si](C)(C)C.C=CCCOC.CCCC[Si](C)(O[Si](C)(C)O[Si](C)(C)C)O[Si](C)(CCCCC(=O)O[Si](C)(C)C)O[Si](C)(C)C.C[SiH](O[Si](C)(C)C)O[Si](C)(C)O[Si](C)(C)C.[Pt]. The molecule has 0 aromatic rings. The average Bonchev–Trinajstić information content (AvgIpc) is 3.02. The number of methoxy groups -OCH3 is 1. The molecule has 0 spiro atoms. The average molecular weight is 1340 g/mol. The zero-order valence-corrected chi connectivity index (χ0v) is 62.6. The van der Waals surface area contributed by atoms with Crippen LogP contribution in [0.1, 0.15) is 58.3 Å². The maximum atomic E-state index is 12.2. The van der Waals surface area contributed by atoms with Gasteiger partial charge in [-0.15, -0.1) is 13.2 Å². The van der Waals surface area contributed by atoms with E-state index in [2.05, 4.69) is 144 Å². The molecule has 0 heterocycles. The summed E-state index contributed by atoms with van der Waals surface area (Å²) in [6.45, 7) is 63.9. The van der Waals surface area contributed by atoms with Crippen molar-refractivity contribution < 1.29 is 73.0 Å². The van der Waals surface area contributed by atoms with E-state index in [4.69, 9.17) is 42.4 Å². The van der Waals surface area contributed by atoms with Crippen molar-refractivity contribution in [2.45, 2.75) is 234 Å². The van der Waals surface area contributed by atoms with Crippen LogP contribution in [-0.4, -0.2) is 119 Å². The van der Waals surface area contributed by atoms with Crippen molar-refractivity contribution in [3.05, 3.63) is 25.3 Å². The molecule has 0 aromatic carbocycles. The molecule has 0 aliphatic rings. The molecular weight excluding hydrogens is 1220 g/mol. The van der Waals surface area contributed by atoms with Crippen LogP contribution in [-0.2, 0) is 73.0 Å². The van der Waals surface area contributed by atoms with E-state index in [1.165, 1.54) is 0 Å². The summed E-state index contributed by atoms with van der Waals surface area (Å²) in [7, 11) is -19.2. The van der Waals surface area contributed by atoms with Crippen LogP contribution in [0.5, 0.6) is 0 Å². The molecule has 0 saturated heterocycles. The Morgan fingerprint density at radius 1 is 0.471 bits per heavy atom. The molecule has 12 nitrogen and oxygen atoms in total. The quantitative estimate of drug-likeness (QED) is 0.0386. The Balaban J connectivity index is -0.000000318. The Hall–Kier alpha value is 1.17. The Labute approximate surface area is 448 Å². The van der Waals surface area contributed by atoms with Gasteiger partial charge in [-0.3, -0.25) is 9.59 Å². The molecule has 0 amide bonds. The summed E-state index contributed by atoms with van der Waals surface area (Å²) < 4.78 is 61.0. The van der Waals surface area contributed by atoms with Crippen LogP contribution in [0.15, 0.2) is 25.3 Å². The summed E-state index contributed by atoms with van der Waals surface area (Å²) in [5, 5.41) is 0. The monoisotopic (exact) mass is 1330 g/mol. The van der Waals surface area contributed by atoms with Gasteiger partial charge in [-0.05, 0) is 195 Å². The number of hydrogen-bond acceptors (Lipinski definition) is 12. The standard InChI is InChI=1S/C22H56O6Si6.C9H28O3Si4.C8H16O2Si.C5H10O.Pt/c1-15-16-20-34(14,27-32(11,12)25-30(5,6)7)28-33(13,26-31(8,9)10)21-18-17-19-22(23)24-29(2,3)4;1-13(10-14(2,3)4)11-16(8,9)12-15(5,6)7;1-5-6-7-8(9)10-11(2,3)4;1-3-4-5-6-2;/h15-21H2,1-14H3;13H,1-9H3;5H,1,6-7H2,2-4H3;3H,1,4-5H2,2H3;. The second kappa shape index (κ2) is 35.4. The van der Waals surface area contributed by atoms with E-state index in [1.807, 2.05) is 45.4 Å². The fraction of sp³-hybridized carbons (Fsp3) is 0.864. The van der Waals surface area contributed by atoms with Gasteiger partial charge in [0.15, 0.2) is 33.3 Å². The first-order valence-electron chi connectivity index (χ1n) is 24.7. The molecule has 0 saturated carbocycles. The molecule has 24 heteroatoms. The van der Waals surface area contributed by atoms with Crippen molar-refractivity contribution in [2.24, 2.45) is 0 Å². The van der Waals surface area contributed by atoms with E-state index in [1.54, 1.807) is 13.2 Å². The second-order valence-electron chi connectivity index (χ2n) is 24.2. The van der Waals surface area contributed by atoms with Gasteiger partial charge in [0.25, 0.3) is 21.2 Å². The fourth-order valence-corrected chi connectivity index (χ4v) is 46.7. The van der Waals surface area contributed by atoms with Gasteiger partial charge >= 0.3 is 34.2 Å². The van der Waals surface area contributed by atoms with Crippen LogP contribution in [0.25, 0.3) is 0 Å². The van der Waals surface area contributed by atoms with Gasteiger partial charge in [-0.25, -0.2) is 0 Å². The molecule has 0 rings (SSSR count). The van der Waals surface area contributed by atoms with Gasteiger partial charge in [0.1, 0.15) is 0 Å². The number of unbranched alkanes of at least 4 members (excludes halogenated alkanes) is 2. The Morgan fingerprint density at radius 2 is 0.868 bits per heavy atom. The molecule has 3 unspecified atom stereocenters. The van der Waals surface area contributed by atoms with Gasteiger partial charge in [-0.1, -0.05) is 38.3 Å². The van der Waals surface area contributed by atoms with Crippen molar-refractivity contribution in [1.29, 1.82) is 0 Å². The van der Waals surface area contributed by atoms with Crippen molar-refractivity contribution in [2.75, 3.05) is 13.7 Å². The second-order valence-corrected chi connectivity index (χ2v) is 68.2. The third-order valence-corrected chi connectivity index (χ3v) is 39.8. The first-order valence-corrected chi connectivity index (χ1v) is 57.9. The molecule has 0 aliphatic carbocycles. The Morgan fingerprint density at radius 3 is 1.22 bits per heavy atom. The van der Waals surface area contributed by atoms with Crippen LogP contribution in [0.2, 0.25) is 176 Å². The predicted molar refractivity (Wildman–Crippen MR) is 316 cm³/mol. The summed E-state index contributed by atoms with van der Waals surface area (Å²) >= 11 is 0. The van der Waals surface area contributed by atoms with Gasteiger partial charge < -0.3 is 42.4 Å². The Kier molecular flexibility index (Phi) is 40.7. The molecule has 0 aromatic heterocycles. The fourth-order valence-electron chi connectivity index (χ4n) is 6.73. The van der Waals surface area contributed by atoms with E-state index in [0.717, 1.165) is 50.8 Å². The van der Waals surface area contributed by atoms with E-state index in [0.29, 0.717) is 19.3 Å². The summed E-state index contributed by atoms with van der Waals surface area (Å²) in [5.74, 6) is -0.166. The first-order chi connectivity index (χ1) is 29.7. The molecule has 0 radical (unpaired) electrons. The molecule has 3 atom stereocenters. The van der Waals surface area contributed by atoms with Crippen molar-refractivity contribution in [3.63, 3.8) is 0 Å². The molecule has 0 N–H and O–H groups in total. The molecular formula is C44H110O12PtSi11. The largest absolute Gasteiger partial charge is 0.520 e. The van der Waals surface area contributed by atoms with E-state index in [9.17, 15) is 9.59 Å². The normalized spacial score (nSPS) is 14.9. The first kappa shape index (κ1) is 78.1. The van der Waals surface area contributed by atoms with Crippen molar-refractivity contribution >= 4 is 105 Å². The maximum absolute atomic E-state index is 12.2. The predicted octanol–water partition coefficient (Wildman–Crippen LogP) is 14.7. The van der Waals surface area contributed by atoms with E-state index < -0.39 is 93.4 Å². The van der Waals surface area contributed by atoms with E-state index in [-0.39, 0.29) is 33.0 Å². The number of carbonyl (C=O) groups is 2. The van der Waals surface area contributed by atoms with E-state index >= 15 is 0 Å². The summed E-state index contributed by atoms with van der Waals surface area (Å²) in [4.78, 5) is 23.2. The minimum absolute atomic E-state index is 0. The molecule has 0 fully saturated rings. The number of rotatable bonds is 30. The maximum Gasteiger partial charge on any atom is 0.317 e. The summed E-state index contributed by atoms with van der Waals surface area (Å²) in [5.41, 5.74) is 0. The van der Waals surface area contributed by atoms with Crippen LogP contribution in [0.4, 0.5) is 0 Å². The number of ether oxygens (including phenoxy) is 1. The molecule has 68 heavy (non-hydrogen) atoms. The zero-order chi connectivity index (χ0) is 54.0. The molecule has 412 valence electrons. The van der Waals surface area contributed by atoms with Crippen LogP contribution in [0.3, 0.4) is 0 Å². The number of carbonyl (C=O) groups excluding carboxylic acids is 2. The number of hydrogen-bond donors (Lipinski definition) is 0. The molecule has 0 bridgehead atoms.